The molecule has 2 N–H and O–H groups in total. The van der Waals surface area contributed by atoms with Gasteiger partial charge in [-0.1, -0.05) is 24.1 Å². The number of nitrogens with zero attached hydrogens (tertiary/aromatic N) is 1. The Balaban J connectivity index is 1.58. The number of likely N-dealkylation sites (tertiary alicyclic amines) is 1. The Labute approximate surface area is 138 Å². The van der Waals surface area contributed by atoms with Gasteiger partial charge in [0.25, 0.3) is 5.91 Å². The fourth-order valence-electron chi connectivity index (χ4n) is 2.82. The molecule has 5 nitrogen and oxygen atoms in total. The fourth-order valence-corrected chi connectivity index (χ4v) is 2.82. The van der Waals surface area contributed by atoms with Gasteiger partial charge in [-0.3, -0.25) is 9.59 Å². The standard InChI is InChI=1S/C18H27N3O2/c1-15-7-5-8-16(13-15)18(23)20-14-17(22)19-9-6-12-21-10-3-2-4-11-21/h5,7-8,13H,2-4,6,9-12,14H2,1H3,(H,19,22)(H,20,23). The maximum Gasteiger partial charge on any atom is 0.251 e. The number of hydrogen-bond donors (Lipinski definition) is 2. The van der Waals surface area contributed by atoms with Gasteiger partial charge >= 0.3 is 0 Å². The summed E-state index contributed by atoms with van der Waals surface area (Å²) in [4.78, 5) is 26.2. The van der Waals surface area contributed by atoms with Gasteiger partial charge in [-0.25, -0.2) is 0 Å². The Morgan fingerprint density at radius 2 is 1.91 bits per heavy atom. The SMILES string of the molecule is Cc1cccc(C(=O)NCC(=O)NCCCN2CCCCC2)c1. The second-order valence-electron chi connectivity index (χ2n) is 6.16. The van der Waals surface area contributed by atoms with Gasteiger partial charge in [0.2, 0.25) is 5.91 Å². The molecule has 0 saturated carbocycles. The molecule has 1 fully saturated rings. The average Bonchev–Trinajstić information content (AvgIpc) is 2.57. The summed E-state index contributed by atoms with van der Waals surface area (Å²) in [5, 5.41) is 5.51. The van der Waals surface area contributed by atoms with Gasteiger partial charge in [0.15, 0.2) is 0 Å². The molecule has 0 radical (unpaired) electrons. The van der Waals surface area contributed by atoms with Crippen LogP contribution >= 0.6 is 0 Å². The van der Waals surface area contributed by atoms with Crippen molar-refractivity contribution in [2.24, 2.45) is 0 Å². The van der Waals surface area contributed by atoms with E-state index in [-0.39, 0.29) is 18.4 Å². The first-order chi connectivity index (χ1) is 11.1. The number of aryl methyl sites for hydroxylation is 1. The van der Waals surface area contributed by atoms with Crippen molar-refractivity contribution in [1.29, 1.82) is 0 Å². The largest absolute Gasteiger partial charge is 0.355 e. The van der Waals surface area contributed by atoms with Crippen LogP contribution in [0.1, 0.15) is 41.6 Å². The number of hydrogen-bond acceptors (Lipinski definition) is 3. The van der Waals surface area contributed by atoms with E-state index >= 15 is 0 Å². The van der Waals surface area contributed by atoms with Crippen LogP contribution in [0.3, 0.4) is 0 Å². The van der Waals surface area contributed by atoms with E-state index in [0.29, 0.717) is 12.1 Å². The number of amides is 2. The van der Waals surface area contributed by atoms with E-state index in [0.717, 1.165) is 18.5 Å². The molecule has 0 bridgehead atoms. The summed E-state index contributed by atoms with van der Waals surface area (Å²) in [6.07, 6.45) is 4.88. The summed E-state index contributed by atoms with van der Waals surface area (Å²) in [7, 11) is 0. The van der Waals surface area contributed by atoms with Gasteiger partial charge in [-0.15, -0.1) is 0 Å². The first-order valence-electron chi connectivity index (χ1n) is 8.49. The zero-order chi connectivity index (χ0) is 16.5. The van der Waals surface area contributed by atoms with Crippen LogP contribution < -0.4 is 10.6 Å². The quantitative estimate of drug-likeness (QED) is 0.753. The maximum atomic E-state index is 11.9. The van der Waals surface area contributed by atoms with E-state index in [9.17, 15) is 9.59 Å². The molecule has 1 aromatic rings. The average molecular weight is 317 g/mol. The van der Waals surface area contributed by atoms with Crippen molar-refractivity contribution in [2.75, 3.05) is 32.7 Å². The zero-order valence-corrected chi connectivity index (χ0v) is 13.9. The Bertz CT molecular complexity index is 525. The lowest BCUT2D eigenvalue weighted by molar-refractivity contribution is -0.120. The number of carbonyl (C=O) groups excluding carboxylic acids is 2. The summed E-state index contributed by atoms with van der Waals surface area (Å²) in [6.45, 7) is 6.02. The lowest BCUT2D eigenvalue weighted by Crippen LogP contribution is -2.38. The predicted octanol–water partition coefficient (Wildman–Crippen LogP) is 1.72. The summed E-state index contributed by atoms with van der Waals surface area (Å²) in [6, 6.07) is 7.33. The number of piperidine rings is 1. The summed E-state index contributed by atoms with van der Waals surface area (Å²) >= 11 is 0. The Hall–Kier alpha value is -1.88. The van der Waals surface area contributed by atoms with E-state index in [2.05, 4.69) is 15.5 Å². The van der Waals surface area contributed by atoms with Crippen molar-refractivity contribution in [2.45, 2.75) is 32.6 Å². The van der Waals surface area contributed by atoms with Crippen molar-refractivity contribution >= 4 is 11.8 Å². The summed E-state index contributed by atoms with van der Waals surface area (Å²) in [5.74, 6) is -0.346. The molecule has 1 saturated heterocycles. The second kappa shape index (κ2) is 9.30. The molecule has 126 valence electrons. The third-order valence-corrected chi connectivity index (χ3v) is 4.11. The molecule has 0 spiro atoms. The molecule has 0 aliphatic carbocycles. The molecule has 2 rings (SSSR count). The van der Waals surface area contributed by atoms with Crippen LogP contribution in [0.5, 0.6) is 0 Å². The normalized spacial score (nSPS) is 15.2. The van der Waals surface area contributed by atoms with E-state index in [4.69, 9.17) is 0 Å². The third kappa shape index (κ3) is 6.40. The third-order valence-electron chi connectivity index (χ3n) is 4.11. The predicted molar refractivity (Wildman–Crippen MR) is 91.4 cm³/mol. The monoisotopic (exact) mass is 317 g/mol. The van der Waals surface area contributed by atoms with Crippen LogP contribution in [0, 0.1) is 6.92 Å². The molecule has 0 unspecified atom stereocenters. The van der Waals surface area contributed by atoms with Crippen molar-refractivity contribution in [1.82, 2.24) is 15.5 Å². The molecular formula is C18H27N3O2. The van der Waals surface area contributed by atoms with Gasteiger partial charge in [0.05, 0.1) is 6.54 Å². The fraction of sp³-hybridized carbons (Fsp3) is 0.556. The van der Waals surface area contributed by atoms with Crippen molar-refractivity contribution in [3.8, 4) is 0 Å². The number of benzene rings is 1. The highest BCUT2D eigenvalue weighted by Crippen LogP contribution is 2.08. The van der Waals surface area contributed by atoms with Gasteiger partial charge in [0.1, 0.15) is 0 Å². The second-order valence-corrected chi connectivity index (χ2v) is 6.16. The Kier molecular flexibility index (Phi) is 7.07. The molecule has 1 aliphatic heterocycles. The van der Waals surface area contributed by atoms with Crippen molar-refractivity contribution < 1.29 is 9.59 Å². The van der Waals surface area contributed by atoms with Crippen LogP contribution in [-0.4, -0.2) is 49.4 Å². The van der Waals surface area contributed by atoms with E-state index < -0.39 is 0 Å². The molecule has 5 heteroatoms. The van der Waals surface area contributed by atoms with Crippen LogP contribution in [0.4, 0.5) is 0 Å². The summed E-state index contributed by atoms with van der Waals surface area (Å²) < 4.78 is 0. The van der Waals surface area contributed by atoms with Crippen molar-refractivity contribution in [3.63, 3.8) is 0 Å². The maximum absolute atomic E-state index is 11.9. The van der Waals surface area contributed by atoms with E-state index in [1.165, 1.54) is 32.4 Å². The number of nitrogens with one attached hydrogen (secondary N) is 2. The van der Waals surface area contributed by atoms with Gasteiger partial charge in [-0.05, 0) is 58.0 Å². The van der Waals surface area contributed by atoms with Crippen molar-refractivity contribution in [3.05, 3.63) is 35.4 Å². The highest BCUT2D eigenvalue weighted by atomic mass is 16.2. The van der Waals surface area contributed by atoms with Gasteiger partial charge in [0, 0.05) is 12.1 Å². The molecule has 0 aromatic heterocycles. The first kappa shape index (κ1) is 17.5. The van der Waals surface area contributed by atoms with E-state index in [1.807, 2.05) is 25.1 Å². The summed E-state index contributed by atoms with van der Waals surface area (Å²) in [5.41, 5.74) is 1.61. The smallest absolute Gasteiger partial charge is 0.251 e. The van der Waals surface area contributed by atoms with Crippen LogP contribution in [0.25, 0.3) is 0 Å². The molecule has 1 heterocycles. The van der Waals surface area contributed by atoms with Crippen LogP contribution in [-0.2, 0) is 4.79 Å². The number of carbonyl (C=O) groups is 2. The Morgan fingerprint density at radius 3 is 2.65 bits per heavy atom. The minimum absolute atomic E-state index is 0.0243. The lowest BCUT2D eigenvalue weighted by atomic mass is 10.1. The van der Waals surface area contributed by atoms with Gasteiger partial charge < -0.3 is 15.5 Å². The Morgan fingerprint density at radius 1 is 1.13 bits per heavy atom. The molecule has 2 amide bonds. The molecule has 1 aliphatic rings. The lowest BCUT2D eigenvalue weighted by Gasteiger charge is -2.26. The zero-order valence-electron chi connectivity index (χ0n) is 13.9. The van der Waals surface area contributed by atoms with Crippen LogP contribution in [0.15, 0.2) is 24.3 Å². The highest BCUT2D eigenvalue weighted by Gasteiger charge is 2.10. The first-order valence-corrected chi connectivity index (χ1v) is 8.49. The minimum Gasteiger partial charge on any atom is -0.355 e. The molecular weight excluding hydrogens is 290 g/mol. The topological polar surface area (TPSA) is 61.4 Å². The molecule has 1 aromatic carbocycles. The minimum atomic E-state index is -0.211. The van der Waals surface area contributed by atoms with Crippen LogP contribution in [0.2, 0.25) is 0 Å². The molecule has 23 heavy (non-hydrogen) atoms. The van der Waals surface area contributed by atoms with E-state index in [1.54, 1.807) is 6.07 Å². The molecule has 0 atom stereocenters. The highest BCUT2D eigenvalue weighted by molar-refractivity contribution is 5.96. The number of rotatable bonds is 7. The van der Waals surface area contributed by atoms with Gasteiger partial charge in [-0.2, -0.15) is 0 Å².